The molecule has 0 saturated carbocycles. The van der Waals surface area contributed by atoms with Gasteiger partial charge in [0.15, 0.2) is 0 Å². The maximum Gasteiger partial charge on any atom is 0.102 e. The van der Waals surface area contributed by atoms with Gasteiger partial charge in [-0.2, -0.15) is 0 Å². The maximum absolute atomic E-state index is 12.4. The number of hydrogen-bond acceptors (Lipinski definition) is 1. The Balaban J connectivity index is 2.55. The van der Waals surface area contributed by atoms with Crippen molar-refractivity contribution in [2.24, 2.45) is 0 Å². The maximum atomic E-state index is 12.4. The minimum absolute atomic E-state index is 0.272. The zero-order valence-corrected chi connectivity index (χ0v) is 9.70. The third-order valence-corrected chi connectivity index (χ3v) is 2.66. The molecule has 0 aromatic heterocycles. The summed E-state index contributed by atoms with van der Waals surface area (Å²) in [7, 11) is 0. The van der Waals surface area contributed by atoms with Gasteiger partial charge in [0.05, 0.1) is 6.54 Å². The van der Waals surface area contributed by atoms with Crippen LogP contribution in [0.1, 0.15) is 12.5 Å². The van der Waals surface area contributed by atoms with Crippen LogP contribution < -0.4 is 0 Å². The van der Waals surface area contributed by atoms with E-state index in [-0.39, 0.29) is 12.7 Å². The van der Waals surface area contributed by atoms with Crippen LogP contribution in [0.25, 0.3) is 0 Å². The molecule has 0 aliphatic carbocycles. The largest absolute Gasteiger partial charge is 0.287 e. The number of halogens is 1. The van der Waals surface area contributed by atoms with Crippen molar-refractivity contribution in [3.63, 3.8) is 0 Å². The molecular weight excluding hydrogens is 200 g/mol. The molecule has 0 unspecified atom stereocenters. The third-order valence-electron chi connectivity index (χ3n) is 2.66. The molecule has 1 aromatic rings. The summed E-state index contributed by atoms with van der Waals surface area (Å²) in [4.78, 5) is 1.99. The van der Waals surface area contributed by atoms with Gasteiger partial charge < -0.3 is 0 Å². The average Bonchev–Trinajstić information content (AvgIpc) is 2.30. The van der Waals surface area contributed by atoms with Crippen LogP contribution in [-0.2, 0) is 6.42 Å². The molecule has 86 valence electrons. The molecule has 0 amide bonds. The standard InChI is InChI=1S/C14H18FN/c1-3-10-16(11-9-15)13(2)12-14-7-5-4-6-8-14/h1,4-8,13H,9-12H2,2H3/t13-/m0/s1/i15-1. The predicted octanol–water partition coefficient (Wildman–Crippen LogP) is 2.52. The second kappa shape index (κ2) is 7.03. The van der Waals surface area contributed by atoms with Crippen molar-refractivity contribution >= 4 is 0 Å². The fourth-order valence-corrected chi connectivity index (χ4v) is 1.77. The molecule has 1 rings (SSSR count). The van der Waals surface area contributed by atoms with E-state index in [9.17, 15) is 4.39 Å². The van der Waals surface area contributed by atoms with Crippen LogP contribution in [0.5, 0.6) is 0 Å². The molecule has 0 fully saturated rings. The summed E-state index contributed by atoms with van der Waals surface area (Å²) in [5, 5.41) is 0. The van der Waals surface area contributed by atoms with Gasteiger partial charge in [0.25, 0.3) is 0 Å². The molecular formula is C14H18FN. The molecule has 1 nitrogen and oxygen atoms in total. The lowest BCUT2D eigenvalue weighted by Gasteiger charge is -2.26. The third kappa shape index (κ3) is 4.04. The minimum atomic E-state index is -0.346. The summed E-state index contributed by atoms with van der Waals surface area (Å²) in [6.45, 7) is 2.66. The van der Waals surface area contributed by atoms with Crippen molar-refractivity contribution in [1.29, 1.82) is 0 Å². The molecule has 0 N–H and O–H groups in total. The summed E-state index contributed by atoms with van der Waals surface area (Å²) in [6.07, 6.45) is 6.18. The van der Waals surface area contributed by atoms with E-state index in [1.807, 2.05) is 23.1 Å². The van der Waals surface area contributed by atoms with Gasteiger partial charge in [-0.05, 0) is 18.9 Å². The quantitative estimate of drug-likeness (QED) is 0.663. The van der Waals surface area contributed by atoms with Gasteiger partial charge in [0.1, 0.15) is 6.67 Å². The number of benzene rings is 1. The van der Waals surface area contributed by atoms with Crippen LogP contribution in [-0.4, -0.2) is 30.7 Å². The molecule has 0 bridgehead atoms. The van der Waals surface area contributed by atoms with Crippen molar-refractivity contribution in [3.8, 4) is 12.3 Å². The van der Waals surface area contributed by atoms with Gasteiger partial charge >= 0.3 is 0 Å². The van der Waals surface area contributed by atoms with E-state index in [1.165, 1.54) is 5.56 Å². The van der Waals surface area contributed by atoms with Gasteiger partial charge in [-0.1, -0.05) is 36.3 Å². The van der Waals surface area contributed by atoms with Crippen molar-refractivity contribution in [3.05, 3.63) is 35.9 Å². The molecule has 0 aliphatic rings. The lowest BCUT2D eigenvalue weighted by Crippen LogP contribution is -2.36. The lowest BCUT2D eigenvalue weighted by atomic mass is 10.1. The summed E-state index contributed by atoms with van der Waals surface area (Å²) >= 11 is 0. The van der Waals surface area contributed by atoms with E-state index in [2.05, 4.69) is 25.0 Å². The minimum Gasteiger partial charge on any atom is -0.287 e. The smallest absolute Gasteiger partial charge is 0.102 e. The second-order valence-corrected chi connectivity index (χ2v) is 3.90. The highest BCUT2D eigenvalue weighted by Crippen LogP contribution is 2.08. The zero-order chi connectivity index (χ0) is 11.8. The molecule has 0 saturated heterocycles. The molecule has 0 heterocycles. The first-order valence-electron chi connectivity index (χ1n) is 5.55. The van der Waals surface area contributed by atoms with Crippen molar-refractivity contribution in [2.75, 3.05) is 19.8 Å². The van der Waals surface area contributed by atoms with Crippen LogP contribution in [0, 0.1) is 12.3 Å². The van der Waals surface area contributed by atoms with Gasteiger partial charge in [0, 0.05) is 12.6 Å². The van der Waals surface area contributed by atoms with E-state index < -0.39 is 0 Å². The summed E-state index contributed by atoms with van der Waals surface area (Å²) in [5.41, 5.74) is 1.26. The van der Waals surface area contributed by atoms with E-state index in [4.69, 9.17) is 6.42 Å². The topological polar surface area (TPSA) is 3.24 Å². The Morgan fingerprint density at radius 2 is 2.06 bits per heavy atom. The van der Waals surface area contributed by atoms with Crippen molar-refractivity contribution in [1.82, 2.24) is 4.90 Å². The van der Waals surface area contributed by atoms with Crippen molar-refractivity contribution in [2.45, 2.75) is 19.4 Å². The van der Waals surface area contributed by atoms with Gasteiger partial charge in [-0.15, -0.1) is 6.42 Å². The first kappa shape index (κ1) is 12.7. The number of hydrogen-bond donors (Lipinski definition) is 0. The predicted molar refractivity (Wildman–Crippen MR) is 66.0 cm³/mol. The van der Waals surface area contributed by atoms with Crippen LogP contribution in [0.2, 0.25) is 0 Å². The molecule has 0 radical (unpaired) electrons. The summed E-state index contributed by atoms with van der Waals surface area (Å²) < 4.78 is 12.4. The van der Waals surface area contributed by atoms with Crippen LogP contribution in [0.3, 0.4) is 0 Å². The first-order valence-corrected chi connectivity index (χ1v) is 5.55. The Bertz CT molecular complexity index is 328. The van der Waals surface area contributed by atoms with E-state index in [1.54, 1.807) is 0 Å². The fraction of sp³-hybridized carbons (Fsp3) is 0.429. The Morgan fingerprint density at radius 3 is 2.62 bits per heavy atom. The fourth-order valence-electron chi connectivity index (χ4n) is 1.77. The monoisotopic (exact) mass is 218 g/mol. The summed E-state index contributed by atoms with van der Waals surface area (Å²) in [5.74, 6) is 2.58. The number of terminal acetylenes is 1. The number of alkyl halides is 1. The Morgan fingerprint density at radius 1 is 1.38 bits per heavy atom. The van der Waals surface area contributed by atoms with Crippen LogP contribution >= 0.6 is 0 Å². The van der Waals surface area contributed by atoms with E-state index >= 15 is 0 Å². The highest BCUT2D eigenvalue weighted by Gasteiger charge is 2.12. The average molecular weight is 218 g/mol. The van der Waals surface area contributed by atoms with Gasteiger partial charge in [-0.3, -0.25) is 4.90 Å². The lowest BCUT2D eigenvalue weighted by molar-refractivity contribution is 0.214. The molecule has 0 spiro atoms. The normalized spacial score (nSPS) is 12.4. The Labute approximate surface area is 97.3 Å². The SMILES string of the molecule is C#CCN(CC[18F])[C@@H](C)Cc1ccccc1. The molecule has 0 aliphatic heterocycles. The highest BCUT2D eigenvalue weighted by atomic mass is 18.2. The molecule has 1 atom stereocenters. The van der Waals surface area contributed by atoms with Crippen molar-refractivity contribution < 1.29 is 4.39 Å². The summed E-state index contributed by atoms with van der Waals surface area (Å²) in [6, 6.07) is 10.5. The number of rotatable bonds is 6. The van der Waals surface area contributed by atoms with E-state index in [0.717, 1.165) is 6.42 Å². The molecule has 1 aromatic carbocycles. The zero-order valence-electron chi connectivity index (χ0n) is 9.70. The van der Waals surface area contributed by atoms with Crippen LogP contribution in [0.15, 0.2) is 30.3 Å². The van der Waals surface area contributed by atoms with Gasteiger partial charge in [0.2, 0.25) is 0 Å². The van der Waals surface area contributed by atoms with Gasteiger partial charge in [-0.25, -0.2) is 4.39 Å². The first-order chi connectivity index (χ1) is 7.77. The molecule has 2 heteroatoms. The Hall–Kier alpha value is -1.33. The Kier molecular flexibility index (Phi) is 5.60. The number of nitrogens with zero attached hydrogens (tertiary/aromatic N) is 1. The molecule has 16 heavy (non-hydrogen) atoms. The highest BCUT2D eigenvalue weighted by molar-refractivity contribution is 5.15. The second-order valence-electron chi connectivity index (χ2n) is 3.90. The van der Waals surface area contributed by atoms with E-state index in [0.29, 0.717) is 13.1 Å². The van der Waals surface area contributed by atoms with Crippen LogP contribution in [0.4, 0.5) is 4.39 Å².